The first-order chi connectivity index (χ1) is 8.79. The van der Waals surface area contributed by atoms with Gasteiger partial charge in [-0.25, -0.2) is 4.98 Å². The molecule has 0 radical (unpaired) electrons. The minimum absolute atomic E-state index is 0.483. The summed E-state index contributed by atoms with van der Waals surface area (Å²) in [4.78, 5) is 8.73. The largest absolute Gasteiger partial charge is 0.369 e. The van der Waals surface area contributed by atoms with Crippen molar-refractivity contribution < 1.29 is 0 Å². The van der Waals surface area contributed by atoms with Crippen molar-refractivity contribution in [1.29, 1.82) is 0 Å². The van der Waals surface area contributed by atoms with Crippen LogP contribution in [0, 0.1) is 5.92 Å². The van der Waals surface area contributed by atoms with Crippen molar-refractivity contribution in [3.8, 4) is 0 Å². The lowest BCUT2D eigenvalue weighted by atomic mass is 9.84. The summed E-state index contributed by atoms with van der Waals surface area (Å²) < 4.78 is 0. The maximum absolute atomic E-state index is 4.51. The van der Waals surface area contributed by atoms with Gasteiger partial charge in [0.05, 0.1) is 12.4 Å². The van der Waals surface area contributed by atoms with Crippen molar-refractivity contribution in [1.82, 2.24) is 9.97 Å². The molecule has 4 heteroatoms. The van der Waals surface area contributed by atoms with Crippen molar-refractivity contribution >= 4 is 11.6 Å². The number of hydrogen-bond donors (Lipinski definition) is 2. The highest BCUT2D eigenvalue weighted by Crippen LogP contribution is 2.27. The Hall–Kier alpha value is -1.32. The van der Waals surface area contributed by atoms with Crippen molar-refractivity contribution in [3.05, 3.63) is 12.4 Å². The van der Waals surface area contributed by atoms with E-state index < -0.39 is 0 Å². The third-order valence-corrected chi connectivity index (χ3v) is 3.72. The molecule has 1 saturated carbocycles. The number of nitrogens with zero attached hydrogens (tertiary/aromatic N) is 2. The molecule has 1 aromatic heterocycles. The van der Waals surface area contributed by atoms with Crippen LogP contribution in [0.5, 0.6) is 0 Å². The van der Waals surface area contributed by atoms with Crippen LogP contribution in [0.2, 0.25) is 0 Å². The summed E-state index contributed by atoms with van der Waals surface area (Å²) in [6.07, 6.45) is 10.4. The second-order valence-electron chi connectivity index (χ2n) is 5.15. The van der Waals surface area contributed by atoms with Gasteiger partial charge in [-0.05, 0) is 32.6 Å². The molecule has 1 aliphatic carbocycles. The molecule has 0 aromatic carbocycles. The molecule has 0 aliphatic heterocycles. The van der Waals surface area contributed by atoms with E-state index in [0.717, 1.165) is 24.1 Å². The Morgan fingerprint density at radius 3 is 2.67 bits per heavy atom. The van der Waals surface area contributed by atoms with Gasteiger partial charge in [0.2, 0.25) is 0 Å². The maximum atomic E-state index is 4.51. The van der Waals surface area contributed by atoms with Gasteiger partial charge in [0.1, 0.15) is 11.6 Å². The fraction of sp³-hybridized carbons (Fsp3) is 0.714. The molecule has 0 bridgehead atoms. The quantitative estimate of drug-likeness (QED) is 0.839. The Bertz CT molecular complexity index is 361. The van der Waals surface area contributed by atoms with Gasteiger partial charge in [-0.2, -0.15) is 0 Å². The average molecular weight is 248 g/mol. The van der Waals surface area contributed by atoms with Gasteiger partial charge in [-0.15, -0.1) is 0 Å². The zero-order chi connectivity index (χ0) is 12.8. The second-order valence-corrected chi connectivity index (χ2v) is 5.15. The predicted molar refractivity (Wildman–Crippen MR) is 75.9 cm³/mol. The molecular weight excluding hydrogens is 224 g/mol. The first-order valence-electron chi connectivity index (χ1n) is 7.12. The predicted octanol–water partition coefficient (Wildman–Crippen LogP) is 3.29. The fourth-order valence-electron chi connectivity index (χ4n) is 2.69. The summed E-state index contributed by atoms with van der Waals surface area (Å²) in [5.74, 6) is 2.51. The minimum atomic E-state index is 0.483. The van der Waals surface area contributed by atoms with Gasteiger partial charge >= 0.3 is 0 Å². The summed E-state index contributed by atoms with van der Waals surface area (Å²) in [7, 11) is 0. The smallest absolute Gasteiger partial charge is 0.147 e. The molecule has 18 heavy (non-hydrogen) atoms. The summed E-state index contributed by atoms with van der Waals surface area (Å²) >= 11 is 0. The highest BCUT2D eigenvalue weighted by Gasteiger charge is 2.20. The van der Waals surface area contributed by atoms with E-state index >= 15 is 0 Å². The van der Waals surface area contributed by atoms with Crippen LogP contribution in [-0.2, 0) is 0 Å². The normalized spacial score (nSPS) is 18.3. The molecule has 0 saturated heterocycles. The van der Waals surface area contributed by atoms with E-state index in [1.807, 2.05) is 0 Å². The van der Waals surface area contributed by atoms with E-state index in [1.54, 1.807) is 12.4 Å². The molecule has 100 valence electrons. The highest BCUT2D eigenvalue weighted by molar-refractivity contribution is 5.42. The Kier molecular flexibility index (Phi) is 4.79. The molecule has 0 spiro atoms. The zero-order valence-electron chi connectivity index (χ0n) is 11.4. The molecular formula is C14H24N4. The van der Waals surface area contributed by atoms with Gasteiger partial charge in [0, 0.05) is 12.6 Å². The molecule has 1 atom stereocenters. The SMILES string of the molecule is CCNc1cncc(NC(C)C2CCCCC2)n1. The first-order valence-corrected chi connectivity index (χ1v) is 7.12. The van der Waals surface area contributed by atoms with E-state index in [4.69, 9.17) is 0 Å². The van der Waals surface area contributed by atoms with Crippen LogP contribution < -0.4 is 10.6 Å². The first kappa shape index (κ1) is 13.1. The molecule has 1 unspecified atom stereocenters. The van der Waals surface area contributed by atoms with Gasteiger partial charge < -0.3 is 10.6 Å². The van der Waals surface area contributed by atoms with Gasteiger partial charge in [0.15, 0.2) is 0 Å². The van der Waals surface area contributed by atoms with Crippen LogP contribution in [0.15, 0.2) is 12.4 Å². The van der Waals surface area contributed by atoms with Crippen LogP contribution >= 0.6 is 0 Å². The summed E-state index contributed by atoms with van der Waals surface area (Å²) in [5, 5.41) is 6.68. The second kappa shape index (κ2) is 6.57. The van der Waals surface area contributed by atoms with Crippen LogP contribution in [0.4, 0.5) is 11.6 Å². The molecule has 2 rings (SSSR count). The summed E-state index contributed by atoms with van der Waals surface area (Å²) in [6, 6.07) is 0.483. The van der Waals surface area contributed by atoms with E-state index in [-0.39, 0.29) is 0 Å². The molecule has 1 heterocycles. The van der Waals surface area contributed by atoms with Crippen molar-refractivity contribution in [2.45, 2.75) is 52.0 Å². The van der Waals surface area contributed by atoms with Gasteiger partial charge in [0.25, 0.3) is 0 Å². The van der Waals surface area contributed by atoms with Gasteiger partial charge in [-0.3, -0.25) is 4.98 Å². The van der Waals surface area contributed by atoms with Gasteiger partial charge in [-0.1, -0.05) is 19.3 Å². The maximum Gasteiger partial charge on any atom is 0.147 e. The van der Waals surface area contributed by atoms with E-state index in [9.17, 15) is 0 Å². The van der Waals surface area contributed by atoms with Crippen LogP contribution in [0.1, 0.15) is 46.0 Å². The average Bonchev–Trinajstić information content (AvgIpc) is 2.40. The molecule has 1 aromatic rings. The van der Waals surface area contributed by atoms with E-state index in [2.05, 4.69) is 34.4 Å². The number of nitrogens with one attached hydrogen (secondary N) is 2. The van der Waals surface area contributed by atoms with Crippen LogP contribution in [0.3, 0.4) is 0 Å². The van der Waals surface area contributed by atoms with E-state index in [1.165, 1.54) is 32.1 Å². The lowest BCUT2D eigenvalue weighted by Crippen LogP contribution is -2.28. The fourth-order valence-corrected chi connectivity index (χ4v) is 2.69. The molecule has 2 N–H and O–H groups in total. The van der Waals surface area contributed by atoms with Crippen molar-refractivity contribution in [3.63, 3.8) is 0 Å². The Balaban J connectivity index is 1.93. The Morgan fingerprint density at radius 2 is 1.94 bits per heavy atom. The number of hydrogen-bond acceptors (Lipinski definition) is 4. The third kappa shape index (κ3) is 3.59. The monoisotopic (exact) mass is 248 g/mol. The standard InChI is InChI=1S/C14H24N4/c1-3-16-13-9-15-10-14(18-13)17-11(2)12-7-5-4-6-8-12/h9-12H,3-8H2,1-2H3,(H2,16,17,18). The molecule has 1 fully saturated rings. The molecule has 4 nitrogen and oxygen atoms in total. The number of aromatic nitrogens is 2. The lowest BCUT2D eigenvalue weighted by Gasteiger charge is -2.28. The highest BCUT2D eigenvalue weighted by atomic mass is 15.1. The third-order valence-electron chi connectivity index (χ3n) is 3.72. The topological polar surface area (TPSA) is 49.8 Å². The van der Waals surface area contributed by atoms with Crippen LogP contribution in [-0.4, -0.2) is 22.6 Å². The van der Waals surface area contributed by atoms with Crippen molar-refractivity contribution in [2.24, 2.45) is 5.92 Å². The van der Waals surface area contributed by atoms with Crippen LogP contribution in [0.25, 0.3) is 0 Å². The Morgan fingerprint density at radius 1 is 1.22 bits per heavy atom. The molecule has 1 aliphatic rings. The lowest BCUT2D eigenvalue weighted by molar-refractivity contribution is 0.328. The minimum Gasteiger partial charge on any atom is -0.369 e. The van der Waals surface area contributed by atoms with E-state index in [0.29, 0.717) is 6.04 Å². The number of rotatable bonds is 5. The van der Waals surface area contributed by atoms with Crippen molar-refractivity contribution in [2.75, 3.05) is 17.2 Å². The number of anilines is 2. The summed E-state index contributed by atoms with van der Waals surface area (Å²) in [5.41, 5.74) is 0. The Labute approximate surface area is 110 Å². The zero-order valence-corrected chi connectivity index (χ0v) is 11.4. The molecule has 0 amide bonds. The summed E-state index contributed by atoms with van der Waals surface area (Å²) in [6.45, 7) is 5.19.